The first kappa shape index (κ1) is 19.0. The number of nitrogens with one attached hydrogen (secondary N) is 2. The van der Waals surface area contributed by atoms with E-state index in [9.17, 15) is 4.79 Å². The highest BCUT2D eigenvalue weighted by molar-refractivity contribution is 6.35. The van der Waals surface area contributed by atoms with Gasteiger partial charge < -0.3 is 10.3 Å². The maximum atomic E-state index is 12.7. The zero-order chi connectivity index (χ0) is 21.2. The molecule has 0 amide bonds. The van der Waals surface area contributed by atoms with Gasteiger partial charge in [0.25, 0.3) is 0 Å². The molecule has 0 aliphatic carbocycles. The van der Waals surface area contributed by atoms with E-state index in [0.717, 1.165) is 28.0 Å². The molecule has 5 rings (SSSR count). The van der Waals surface area contributed by atoms with Crippen LogP contribution in [0.5, 0.6) is 0 Å². The van der Waals surface area contributed by atoms with Crippen LogP contribution in [0.1, 0.15) is 15.9 Å². The fourth-order valence-corrected chi connectivity index (χ4v) is 3.65. The van der Waals surface area contributed by atoms with E-state index < -0.39 is 0 Å². The Labute approximate surface area is 183 Å². The number of benzene rings is 3. The van der Waals surface area contributed by atoms with Crippen molar-refractivity contribution < 1.29 is 4.79 Å². The molecule has 2 heterocycles. The van der Waals surface area contributed by atoms with Crippen molar-refractivity contribution in [1.82, 2.24) is 19.9 Å². The molecule has 0 saturated carbocycles. The first-order valence-corrected chi connectivity index (χ1v) is 9.98. The average molecular weight is 426 g/mol. The summed E-state index contributed by atoms with van der Waals surface area (Å²) in [5, 5.41) is 4.50. The Hall–Kier alpha value is -4.03. The first-order valence-electron chi connectivity index (χ1n) is 9.60. The molecule has 7 heteroatoms. The highest BCUT2D eigenvalue weighted by atomic mass is 35.5. The van der Waals surface area contributed by atoms with Crippen LogP contribution >= 0.6 is 11.6 Å². The molecule has 5 aromatic rings. The van der Waals surface area contributed by atoms with Gasteiger partial charge in [-0.1, -0.05) is 41.9 Å². The van der Waals surface area contributed by atoms with Crippen LogP contribution in [0, 0.1) is 0 Å². The van der Waals surface area contributed by atoms with Crippen LogP contribution in [0.25, 0.3) is 22.3 Å². The number of carbonyl (C=O) groups is 1. The second-order valence-corrected chi connectivity index (χ2v) is 7.31. The molecule has 3 aromatic carbocycles. The number of rotatable bonds is 5. The van der Waals surface area contributed by atoms with Gasteiger partial charge >= 0.3 is 0 Å². The molecule has 0 spiro atoms. The number of anilines is 2. The Bertz CT molecular complexity index is 1380. The molecule has 2 N–H and O–H groups in total. The Morgan fingerprint density at radius 3 is 2.58 bits per heavy atom. The van der Waals surface area contributed by atoms with Crippen LogP contribution in [-0.2, 0) is 0 Å². The van der Waals surface area contributed by atoms with Crippen molar-refractivity contribution in [3.05, 3.63) is 102 Å². The lowest BCUT2D eigenvalue weighted by molar-refractivity contribution is 0.103. The summed E-state index contributed by atoms with van der Waals surface area (Å²) in [6.07, 6.45) is 4.99. The van der Waals surface area contributed by atoms with Gasteiger partial charge in [0.2, 0.25) is 0 Å². The van der Waals surface area contributed by atoms with Gasteiger partial charge in [0, 0.05) is 40.2 Å². The first-order chi connectivity index (χ1) is 15.2. The summed E-state index contributed by atoms with van der Waals surface area (Å²) in [6.45, 7) is 0. The number of hydrogen-bond acceptors (Lipinski definition) is 5. The minimum atomic E-state index is -0.118. The van der Waals surface area contributed by atoms with Crippen molar-refractivity contribution in [1.29, 1.82) is 0 Å². The van der Waals surface area contributed by atoms with Crippen LogP contribution in [-0.4, -0.2) is 25.7 Å². The van der Waals surface area contributed by atoms with E-state index in [1.54, 1.807) is 36.7 Å². The smallest absolute Gasteiger partial charge is 0.194 e. The average Bonchev–Trinajstić information content (AvgIpc) is 3.34. The third-order valence-electron chi connectivity index (χ3n) is 4.92. The molecular formula is C24H16ClN5O. The second-order valence-electron chi connectivity index (χ2n) is 6.91. The zero-order valence-electron chi connectivity index (χ0n) is 16.2. The molecule has 150 valence electrons. The zero-order valence-corrected chi connectivity index (χ0v) is 17.0. The number of fused-ring (bicyclic) bond motifs is 1. The summed E-state index contributed by atoms with van der Waals surface area (Å²) >= 11 is 6.45. The lowest BCUT2D eigenvalue weighted by Crippen LogP contribution is -2.03. The van der Waals surface area contributed by atoms with Crippen molar-refractivity contribution in [3.8, 4) is 11.4 Å². The summed E-state index contributed by atoms with van der Waals surface area (Å²) < 4.78 is 0. The number of hydrogen-bond donors (Lipinski definition) is 2. The second kappa shape index (κ2) is 8.01. The van der Waals surface area contributed by atoms with Crippen LogP contribution in [0.3, 0.4) is 0 Å². The predicted molar refractivity (Wildman–Crippen MR) is 122 cm³/mol. The summed E-state index contributed by atoms with van der Waals surface area (Å²) in [5.41, 5.74) is 3.49. The highest BCUT2D eigenvalue weighted by Crippen LogP contribution is 2.29. The number of H-pyrrole nitrogens is 1. The molecule has 0 bridgehead atoms. The quantitative estimate of drug-likeness (QED) is 0.355. The molecule has 6 nitrogen and oxygen atoms in total. The number of imidazole rings is 1. The highest BCUT2D eigenvalue weighted by Gasteiger charge is 2.14. The predicted octanol–water partition coefficient (Wildman–Crippen LogP) is 5.65. The van der Waals surface area contributed by atoms with Gasteiger partial charge in [-0.3, -0.25) is 4.79 Å². The third kappa shape index (κ3) is 3.76. The van der Waals surface area contributed by atoms with Crippen LogP contribution in [0.4, 0.5) is 11.5 Å². The number of aromatic nitrogens is 4. The normalized spacial score (nSPS) is 10.9. The third-order valence-corrected chi connectivity index (χ3v) is 5.23. The standard InChI is InChI=1S/C24H16ClN5O/c25-20-13-17(7-8-18(20)22(31)15-4-2-1-3-5-15)30-24-19-12-16(23-26-10-11-27-23)6-9-21(19)28-14-29-24/h1-14H,(H,26,27)(H,28,29,30). The molecular weight excluding hydrogens is 410 g/mol. The Morgan fingerprint density at radius 1 is 0.935 bits per heavy atom. The van der Waals surface area contributed by atoms with Gasteiger partial charge in [0.05, 0.1) is 10.5 Å². The number of halogens is 1. The van der Waals surface area contributed by atoms with Crippen molar-refractivity contribution in [2.75, 3.05) is 5.32 Å². The number of aromatic amines is 1. The monoisotopic (exact) mass is 425 g/mol. The number of nitrogens with zero attached hydrogens (tertiary/aromatic N) is 3. The van der Waals surface area contributed by atoms with Crippen LogP contribution < -0.4 is 5.32 Å². The van der Waals surface area contributed by atoms with Gasteiger partial charge in [-0.25, -0.2) is 15.0 Å². The summed E-state index contributed by atoms with van der Waals surface area (Å²) in [4.78, 5) is 28.9. The van der Waals surface area contributed by atoms with E-state index in [2.05, 4.69) is 25.3 Å². The minimum Gasteiger partial charge on any atom is -0.345 e. The summed E-state index contributed by atoms with van der Waals surface area (Å²) in [5.74, 6) is 1.29. The largest absolute Gasteiger partial charge is 0.345 e. The van der Waals surface area contributed by atoms with E-state index >= 15 is 0 Å². The molecule has 0 unspecified atom stereocenters. The van der Waals surface area contributed by atoms with Crippen LogP contribution in [0.15, 0.2) is 85.5 Å². The number of carbonyl (C=O) groups excluding carboxylic acids is 1. The Kier molecular flexibility index (Phi) is 4.90. The Morgan fingerprint density at radius 2 is 1.81 bits per heavy atom. The lowest BCUT2D eigenvalue weighted by Gasteiger charge is -2.11. The lowest BCUT2D eigenvalue weighted by atomic mass is 10.0. The molecule has 0 saturated heterocycles. The summed E-state index contributed by atoms with van der Waals surface area (Å²) in [7, 11) is 0. The van der Waals surface area contributed by atoms with E-state index in [-0.39, 0.29) is 5.78 Å². The summed E-state index contributed by atoms with van der Waals surface area (Å²) in [6, 6.07) is 20.2. The van der Waals surface area contributed by atoms with Crippen molar-refractivity contribution in [2.45, 2.75) is 0 Å². The van der Waals surface area contributed by atoms with Gasteiger partial charge in [0.15, 0.2) is 5.78 Å². The maximum Gasteiger partial charge on any atom is 0.194 e. The van der Waals surface area contributed by atoms with Gasteiger partial charge in [-0.05, 0) is 36.4 Å². The number of ketones is 1. The van der Waals surface area contributed by atoms with Crippen molar-refractivity contribution in [3.63, 3.8) is 0 Å². The molecule has 0 atom stereocenters. The van der Waals surface area contributed by atoms with E-state index in [0.29, 0.717) is 22.0 Å². The molecule has 0 radical (unpaired) electrons. The maximum absolute atomic E-state index is 12.7. The van der Waals surface area contributed by atoms with Gasteiger partial charge in [-0.15, -0.1) is 0 Å². The van der Waals surface area contributed by atoms with Crippen molar-refractivity contribution in [2.24, 2.45) is 0 Å². The van der Waals surface area contributed by atoms with Crippen LogP contribution in [0.2, 0.25) is 5.02 Å². The Balaban J connectivity index is 1.48. The minimum absolute atomic E-state index is 0.118. The van der Waals surface area contributed by atoms with Gasteiger partial charge in [-0.2, -0.15) is 0 Å². The fourth-order valence-electron chi connectivity index (χ4n) is 3.39. The molecule has 0 fully saturated rings. The SMILES string of the molecule is O=C(c1ccccc1)c1ccc(Nc2ncnc3ccc(-c4ncc[nH]4)cc23)cc1Cl. The fraction of sp³-hybridized carbons (Fsp3) is 0. The van der Waals surface area contributed by atoms with E-state index in [1.165, 1.54) is 6.33 Å². The molecule has 0 aliphatic rings. The van der Waals surface area contributed by atoms with E-state index in [4.69, 9.17) is 11.6 Å². The van der Waals surface area contributed by atoms with E-state index in [1.807, 2.05) is 42.5 Å². The van der Waals surface area contributed by atoms with Gasteiger partial charge in [0.1, 0.15) is 18.0 Å². The topological polar surface area (TPSA) is 83.6 Å². The molecule has 2 aromatic heterocycles. The molecule has 0 aliphatic heterocycles. The van der Waals surface area contributed by atoms with Crippen molar-refractivity contribution >= 4 is 39.8 Å². The molecule has 31 heavy (non-hydrogen) atoms.